The number of rotatable bonds is 10. The summed E-state index contributed by atoms with van der Waals surface area (Å²) in [5.41, 5.74) is 0. The van der Waals surface area contributed by atoms with Gasteiger partial charge in [-0.05, 0) is 6.42 Å². The van der Waals surface area contributed by atoms with Crippen molar-refractivity contribution in [1.82, 2.24) is 10.6 Å². The summed E-state index contributed by atoms with van der Waals surface area (Å²) in [4.78, 5) is 4.13. The third-order valence-corrected chi connectivity index (χ3v) is 2.27. The normalized spacial score (nSPS) is 11.6. The van der Waals surface area contributed by atoms with E-state index in [0.29, 0.717) is 19.8 Å². The van der Waals surface area contributed by atoms with Crippen molar-refractivity contribution >= 4 is 5.96 Å². The Morgan fingerprint density at radius 3 is 2.47 bits per heavy atom. The van der Waals surface area contributed by atoms with E-state index in [-0.39, 0.29) is 0 Å². The average molecular weight is 245 g/mol. The number of nitrogens with one attached hydrogen (secondary N) is 2. The minimum atomic E-state index is 0.640. The monoisotopic (exact) mass is 245 g/mol. The fraction of sp³-hybridized carbons (Fsp3) is 0.917. The second-order valence-electron chi connectivity index (χ2n) is 3.74. The molecule has 0 radical (unpaired) electrons. The van der Waals surface area contributed by atoms with E-state index in [4.69, 9.17) is 9.47 Å². The van der Waals surface area contributed by atoms with Crippen LogP contribution in [0.15, 0.2) is 4.99 Å². The third-order valence-electron chi connectivity index (χ3n) is 2.27. The second kappa shape index (κ2) is 13.3. The summed E-state index contributed by atoms with van der Waals surface area (Å²) in [5, 5.41) is 6.46. The molecule has 0 heterocycles. The van der Waals surface area contributed by atoms with Gasteiger partial charge in [-0.3, -0.25) is 4.99 Å². The lowest BCUT2D eigenvalue weighted by Gasteiger charge is -2.11. The molecule has 102 valence electrons. The number of nitrogens with zero attached hydrogens (tertiary/aromatic N) is 1. The molecule has 0 aliphatic rings. The Morgan fingerprint density at radius 1 is 1.06 bits per heavy atom. The highest BCUT2D eigenvalue weighted by Crippen LogP contribution is 1.90. The smallest absolute Gasteiger partial charge is 0.191 e. The molecule has 0 aromatic rings. The van der Waals surface area contributed by atoms with E-state index in [1.165, 1.54) is 19.3 Å². The molecule has 0 rings (SSSR count). The van der Waals surface area contributed by atoms with Crippen molar-refractivity contribution in [3.05, 3.63) is 0 Å². The SMILES string of the molecule is CCCCCNC(=NC)NCCOCCOC. The highest BCUT2D eigenvalue weighted by molar-refractivity contribution is 5.79. The van der Waals surface area contributed by atoms with Crippen molar-refractivity contribution in [3.8, 4) is 0 Å². The number of guanidine groups is 1. The maximum absolute atomic E-state index is 5.34. The van der Waals surface area contributed by atoms with Crippen LogP contribution >= 0.6 is 0 Å². The van der Waals surface area contributed by atoms with Crippen molar-refractivity contribution in [2.45, 2.75) is 26.2 Å². The molecule has 0 saturated heterocycles. The van der Waals surface area contributed by atoms with Crippen LogP contribution in [0.4, 0.5) is 0 Å². The zero-order valence-corrected chi connectivity index (χ0v) is 11.4. The summed E-state index contributed by atoms with van der Waals surface area (Å²) in [5.74, 6) is 0.844. The van der Waals surface area contributed by atoms with Gasteiger partial charge < -0.3 is 20.1 Å². The molecular weight excluding hydrogens is 218 g/mol. The van der Waals surface area contributed by atoms with Crippen LogP contribution < -0.4 is 10.6 Å². The predicted molar refractivity (Wildman–Crippen MR) is 71.6 cm³/mol. The number of hydrogen-bond acceptors (Lipinski definition) is 3. The van der Waals surface area contributed by atoms with Crippen molar-refractivity contribution in [1.29, 1.82) is 0 Å². The molecule has 2 N–H and O–H groups in total. The van der Waals surface area contributed by atoms with E-state index < -0.39 is 0 Å². The maximum Gasteiger partial charge on any atom is 0.191 e. The fourth-order valence-electron chi connectivity index (χ4n) is 1.29. The lowest BCUT2D eigenvalue weighted by Crippen LogP contribution is -2.39. The summed E-state index contributed by atoms with van der Waals surface area (Å²) >= 11 is 0. The van der Waals surface area contributed by atoms with Crippen LogP contribution in [0, 0.1) is 0 Å². The number of methoxy groups -OCH3 is 1. The van der Waals surface area contributed by atoms with Crippen molar-refractivity contribution in [3.63, 3.8) is 0 Å². The Labute approximate surface area is 105 Å². The maximum atomic E-state index is 5.34. The molecule has 0 saturated carbocycles. The van der Waals surface area contributed by atoms with Gasteiger partial charge in [0.05, 0.1) is 19.8 Å². The highest BCUT2D eigenvalue weighted by atomic mass is 16.5. The molecular formula is C12H27N3O2. The Morgan fingerprint density at radius 2 is 1.82 bits per heavy atom. The molecule has 0 aliphatic carbocycles. The second-order valence-corrected chi connectivity index (χ2v) is 3.74. The first kappa shape index (κ1) is 16.2. The van der Waals surface area contributed by atoms with Gasteiger partial charge in [-0.1, -0.05) is 19.8 Å². The van der Waals surface area contributed by atoms with Crippen molar-refractivity contribution in [2.24, 2.45) is 4.99 Å². The van der Waals surface area contributed by atoms with Crippen LogP contribution in [0.2, 0.25) is 0 Å². The Kier molecular flexibility index (Phi) is 12.6. The van der Waals surface area contributed by atoms with Crippen LogP contribution in [0.5, 0.6) is 0 Å². The molecule has 0 aromatic heterocycles. The molecule has 5 nitrogen and oxygen atoms in total. The van der Waals surface area contributed by atoms with Gasteiger partial charge in [0.25, 0.3) is 0 Å². The number of aliphatic imine (C=N–C) groups is 1. The molecule has 0 spiro atoms. The molecule has 5 heteroatoms. The Balaban J connectivity index is 3.36. The Bertz CT molecular complexity index is 187. The van der Waals surface area contributed by atoms with Gasteiger partial charge in [0, 0.05) is 27.2 Å². The van der Waals surface area contributed by atoms with Gasteiger partial charge >= 0.3 is 0 Å². The topological polar surface area (TPSA) is 54.9 Å². The first-order valence-electron chi connectivity index (χ1n) is 6.36. The van der Waals surface area contributed by atoms with E-state index in [0.717, 1.165) is 19.0 Å². The minimum Gasteiger partial charge on any atom is -0.382 e. The average Bonchev–Trinajstić information content (AvgIpc) is 2.36. The Hall–Kier alpha value is -0.810. The molecule has 0 aromatic carbocycles. The minimum absolute atomic E-state index is 0.640. The molecule has 17 heavy (non-hydrogen) atoms. The molecule has 0 aliphatic heterocycles. The quantitative estimate of drug-likeness (QED) is 0.342. The van der Waals surface area contributed by atoms with E-state index >= 15 is 0 Å². The van der Waals surface area contributed by atoms with Crippen LogP contribution in [-0.2, 0) is 9.47 Å². The first-order valence-corrected chi connectivity index (χ1v) is 6.36. The lowest BCUT2D eigenvalue weighted by atomic mass is 10.2. The van der Waals surface area contributed by atoms with Gasteiger partial charge in [-0.25, -0.2) is 0 Å². The van der Waals surface area contributed by atoms with Crippen molar-refractivity contribution in [2.75, 3.05) is 47.1 Å². The first-order chi connectivity index (χ1) is 8.35. The highest BCUT2D eigenvalue weighted by Gasteiger charge is 1.95. The summed E-state index contributed by atoms with van der Waals surface area (Å²) in [6, 6.07) is 0. The summed E-state index contributed by atoms with van der Waals surface area (Å²) in [6.07, 6.45) is 3.67. The van der Waals surface area contributed by atoms with Crippen LogP contribution in [0.3, 0.4) is 0 Å². The zero-order valence-electron chi connectivity index (χ0n) is 11.4. The van der Waals surface area contributed by atoms with Gasteiger partial charge in [-0.15, -0.1) is 0 Å². The standard InChI is InChI=1S/C12H27N3O2/c1-4-5-6-7-14-12(13-2)15-8-9-17-11-10-16-3/h4-11H2,1-3H3,(H2,13,14,15). The summed E-state index contributed by atoms with van der Waals surface area (Å²) in [7, 11) is 3.45. The van der Waals surface area contributed by atoms with Gasteiger partial charge in [-0.2, -0.15) is 0 Å². The molecule has 0 unspecified atom stereocenters. The fourth-order valence-corrected chi connectivity index (χ4v) is 1.29. The van der Waals surface area contributed by atoms with Crippen molar-refractivity contribution < 1.29 is 9.47 Å². The van der Waals surface area contributed by atoms with E-state index in [1.807, 2.05) is 0 Å². The van der Waals surface area contributed by atoms with E-state index in [2.05, 4.69) is 22.5 Å². The van der Waals surface area contributed by atoms with E-state index in [1.54, 1.807) is 14.2 Å². The van der Waals surface area contributed by atoms with Crippen LogP contribution in [0.25, 0.3) is 0 Å². The summed E-state index contributed by atoms with van der Waals surface area (Å²) < 4.78 is 10.2. The van der Waals surface area contributed by atoms with Gasteiger partial charge in [0.15, 0.2) is 5.96 Å². The largest absolute Gasteiger partial charge is 0.382 e. The molecule has 0 bridgehead atoms. The van der Waals surface area contributed by atoms with Crippen LogP contribution in [0.1, 0.15) is 26.2 Å². The predicted octanol–water partition coefficient (Wildman–Crippen LogP) is 1.00. The number of ether oxygens (including phenoxy) is 2. The molecule has 0 fully saturated rings. The molecule has 0 atom stereocenters. The van der Waals surface area contributed by atoms with Crippen LogP contribution in [-0.4, -0.2) is 53.0 Å². The lowest BCUT2D eigenvalue weighted by molar-refractivity contribution is 0.0733. The van der Waals surface area contributed by atoms with Gasteiger partial charge in [0.2, 0.25) is 0 Å². The number of hydrogen-bond donors (Lipinski definition) is 2. The molecule has 0 amide bonds. The zero-order chi connectivity index (χ0) is 12.8. The third kappa shape index (κ3) is 11.5. The van der Waals surface area contributed by atoms with E-state index in [9.17, 15) is 0 Å². The summed E-state index contributed by atoms with van der Waals surface area (Å²) in [6.45, 7) is 5.88. The number of unbranched alkanes of at least 4 members (excludes halogenated alkanes) is 2. The van der Waals surface area contributed by atoms with Gasteiger partial charge in [0.1, 0.15) is 0 Å².